The summed E-state index contributed by atoms with van der Waals surface area (Å²) in [5.41, 5.74) is 4.24. The number of anilines is 3. The highest BCUT2D eigenvalue weighted by Crippen LogP contribution is 2.33. The van der Waals surface area contributed by atoms with E-state index in [1.54, 1.807) is 6.08 Å². The van der Waals surface area contributed by atoms with Gasteiger partial charge in [-0.15, -0.1) is 0 Å². The van der Waals surface area contributed by atoms with Gasteiger partial charge in [-0.05, 0) is 55.4 Å². The Kier molecular flexibility index (Phi) is 9.08. The van der Waals surface area contributed by atoms with Gasteiger partial charge in [0.2, 0.25) is 5.91 Å². The van der Waals surface area contributed by atoms with Gasteiger partial charge in [0, 0.05) is 49.4 Å². The molecule has 4 N–H and O–H groups in total. The van der Waals surface area contributed by atoms with E-state index in [4.69, 9.17) is 4.98 Å². The smallest absolute Gasteiger partial charge is 0.328 e. The monoisotopic (exact) mass is 555 g/mol. The lowest BCUT2D eigenvalue weighted by Gasteiger charge is -2.34. The summed E-state index contributed by atoms with van der Waals surface area (Å²) in [7, 11) is 0. The second-order valence-electron chi connectivity index (χ2n) is 10.4. The molecule has 1 saturated heterocycles. The molecule has 2 aliphatic heterocycles. The molecule has 2 aliphatic rings. The summed E-state index contributed by atoms with van der Waals surface area (Å²) in [4.78, 5) is 40.5. The highest BCUT2D eigenvalue weighted by atomic mass is 16.4. The van der Waals surface area contributed by atoms with Crippen LogP contribution in [0.3, 0.4) is 0 Å². The number of benzene rings is 1. The molecule has 1 aromatic carbocycles. The number of piperidine rings is 1. The zero-order valence-corrected chi connectivity index (χ0v) is 23.3. The lowest BCUT2D eigenvalue weighted by molar-refractivity contribution is -0.140. The molecule has 1 amide bonds. The number of carbonyl (C=O) groups is 2. The molecular formula is C31H37N7O3. The molecule has 1 fully saturated rings. The van der Waals surface area contributed by atoms with Gasteiger partial charge in [0.25, 0.3) is 0 Å². The molecule has 5 rings (SSSR count). The average molecular weight is 556 g/mol. The third-order valence-corrected chi connectivity index (χ3v) is 7.72. The van der Waals surface area contributed by atoms with E-state index in [0.29, 0.717) is 18.2 Å². The SMILES string of the molecule is CCc1c(NCC(NC(=O)/C=C/c2ccccc2)C(=O)O)ncnc1N1CCC(c2ccc3c(n2)NCCC3)CC1. The Balaban J connectivity index is 1.20. The minimum absolute atomic E-state index is 0.0101. The standard InChI is InChI=1S/C31H37N7O3/c1-2-24-29(33-19-26(31(40)41)36-27(39)13-10-21-7-4-3-5-8-21)34-20-35-30(24)38-17-14-22(15-18-38)25-12-11-23-9-6-16-32-28(23)37-25/h3-5,7-8,10-13,20,22,26H,2,6,9,14-19H2,1H3,(H,32,37)(H,36,39)(H,40,41)(H,33,34,35)/b13-10+. The van der Waals surface area contributed by atoms with E-state index >= 15 is 0 Å². The van der Waals surface area contributed by atoms with E-state index in [9.17, 15) is 14.7 Å². The molecule has 10 nitrogen and oxygen atoms in total. The number of hydrogen-bond donors (Lipinski definition) is 4. The Morgan fingerprint density at radius 3 is 2.71 bits per heavy atom. The molecule has 3 aromatic rings. The van der Waals surface area contributed by atoms with Gasteiger partial charge in [-0.3, -0.25) is 4.79 Å². The van der Waals surface area contributed by atoms with Crippen LogP contribution in [0.5, 0.6) is 0 Å². The van der Waals surface area contributed by atoms with Crippen molar-refractivity contribution in [2.75, 3.05) is 41.7 Å². The molecule has 1 unspecified atom stereocenters. The molecule has 0 bridgehead atoms. The fourth-order valence-corrected chi connectivity index (χ4v) is 5.47. The van der Waals surface area contributed by atoms with Gasteiger partial charge >= 0.3 is 5.97 Å². The van der Waals surface area contributed by atoms with Crippen LogP contribution in [0, 0.1) is 0 Å². The van der Waals surface area contributed by atoms with E-state index in [2.05, 4.69) is 43.0 Å². The summed E-state index contributed by atoms with van der Waals surface area (Å²) in [5.74, 6) is 1.29. The van der Waals surface area contributed by atoms with E-state index in [0.717, 1.165) is 73.8 Å². The fraction of sp³-hybridized carbons (Fsp3) is 0.387. The molecule has 0 aliphatic carbocycles. The molecular weight excluding hydrogens is 518 g/mol. The topological polar surface area (TPSA) is 132 Å². The Hall–Kier alpha value is -4.47. The summed E-state index contributed by atoms with van der Waals surface area (Å²) in [6, 6.07) is 12.6. The maximum Gasteiger partial charge on any atom is 0.328 e. The number of nitrogens with one attached hydrogen (secondary N) is 3. The van der Waals surface area contributed by atoms with Crippen molar-refractivity contribution >= 4 is 35.4 Å². The number of carboxylic acids is 1. The first-order valence-corrected chi connectivity index (χ1v) is 14.3. The highest BCUT2D eigenvalue weighted by molar-refractivity contribution is 5.94. The maximum atomic E-state index is 12.4. The fourth-order valence-electron chi connectivity index (χ4n) is 5.47. The maximum absolute atomic E-state index is 12.4. The van der Waals surface area contributed by atoms with Crippen LogP contribution < -0.4 is 20.9 Å². The number of pyridine rings is 1. The zero-order chi connectivity index (χ0) is 28.6. The van der Waals surface area contributed by atoms with Crippen LogP contribution in [0.15, 0.2) is 54.9 Å². The number of fused-ring (bicyclic) bond motifs is 1. The van der Waals surface area contributed by atoms with Crippen molar-refractivity contribution in [2.45, 2.75) is 51.0 Å². The van der Waals surface area contributed by atoms with Gasteiger partial charge in [-0.25, -0.2) is 19.7 Å². The van der Waals surface area contributed by atoms with Crippen LogP contribution >= 0.6 is 0 Å². The van der Waals surface area contributed by atoms with Crippen molar-refractivity contribution in [1.82, 2.24) is 20.3 Å². The third kappa shape index (κ3) is 7.00. The number of aryl methyl sites for hydroxylation is 1. The second kappa shape index (κ2) is 13.3. The van der Waals surface area contributed by atoms with Crippen LogP contribution in [0.2, 0.25) is 0 Å². The van der Waals surface area contributed by atoms with E-state index < -0.39 is 17.9 Å². The normalized spacial score (nSPS) is 16.1. The lowest BCUT2D eigenvalue weighted by Crippen LogP contribution is -2.45. The van der Waals surface area contributed by atoms with E-state index in [-0.39, 0.29) is 6.54 Å². The quantitative estimate of drug-likeness (QED) is 0.275. The average Bonchev–Trinajstić information content (AvgIpc) is 3.02. The molecule has 0 saturated carbocycles. The van der Waals surface area contributed by atoms with Crippen molar-refractivity contribution in [3.8, 4) is 0 Å². The summed E-state index contributed by atoms with van der Waals surface area (Å²) < 4.78 is 0. The number of carbonyl (C=O) groups excluding carboxylic acids is 1. The number of hydrogen-bond acceptors (Lipinski definition) is 8. The molecule has 214 valence electrons. The minimum atomic E-state index is -1.13. The third-order valence-electron chi connectivity index (χ3n) is 7.72. The van der Waals surface area contributed by atoms with Gasteiger partial charge in [0.05, 0.1) is 0 Å². The molecule has 10 heteroatoms. The number of aromatic nitrogens is 3. The number of rotatable bonds is 10. The van der Waals surface area contributed by atoms with Crippen molar-refractivity contribution in [3.05, 3.63) is 77.3 Å². The van der Waals surface area contributed by atoms with Crippen LogP contribution in [-0.2, 0) is 22.4 Å². The van der Waals surface area contributed by atoms with Gasteiger partial charge in [-0.1, -0.05) is 43.3 Å². The van der Waals surface area contributed by atoms with Gasteiger partial charge in [0.15, 0.2) is 0 Å². The first-order valence-electron chi connectivity index (χ1n) is 14.3. The molecule has 41 heavy (non-hydrogen) atoms. The van der Waals surface area contributed by atoms with Crippen LogP contribution in [0.1, 0.15) is 54.5 Å². The summed E-state index contributed by atoms with van der Waals surface area (Å²) in [6.07, 6.45) is 9.37. The highest BCUT2D eigenvalue weighted by Gasteiger charge is 2.26. The van der Waals surface area contributed by atoms with Crippen LogP contribution in [0.25, 0.3) is 6.08 Å². The predicted molar refractivity (Wildman–Crippen MR) is 160 cm³/mol. The van der Waals surface area contributed by atoms with E-state index in [1.807, 2.05) is 37.3 Å². The first kappa shape index (κ1) is 28.1. The Bertz CT molecular complexity index is 1390. The van der Waals surface area contributed by atoms with Crippen molar-refractivity contribution < 1.29 is 14.7 Å². The van der Waals surface area contributed by atoms with Gasteiger partial charge < -0.3 is 26.0 Å². The number of amides is 1. The van der Waals surface area contributed by atoms with Crippen molar-refractivity contribution in [3.63, 3.8) is 0 Å². The summed E-state index contributed by atoms with van der Waals surface area (Å²) in [5, 5.41) is 18.9. The molecule has 0 radical (unpaired) electrons. The molecule has 1 atom stereocenters. The number of nitrogens with zero attached hydrogens (tertiary/aromatic N) is 4. The van der Waals surface area contributed by atoms with Crippen LogP contribution in [0.4, 0.5) is 17.5 Å². The van der Waals surface area contributed by atoms with Crippen molar-refractivity contribution in [1.29, 1.82) is 0 Å². The second-order valence-corrected chi connectivity index (χ2v) is 10.4. The Labute approximate surface area is 240 Å². The van der Waals surface area contributed by atoms with Crippen LogP contribution in [-0.4, -0.2) is 64.2 Å². The molecule has 0 spiro atoms. The van der Waals surface area contributed by atoms with Gasteiger partial charge in [0.1, 0.15) is 29.8 Å². The summed E-state index contributed by atoms with van der Waals surface area (Å²) in [6.45, 7) is 4.71. The predicted octanol–water partition coefficient (Wildman–Crippen LogP) is 3.87. The van der Waals surface area contributed by atoms with E-state index in [1.165, 1.54) is 18.0 Å². The largest absolute Gasteiger partial charge is 0.480 e. The Morgan fingerprint density at radius 1 is 1.15 bits per heavy atom. The molecule has 4 heterocycles. The lowest BCUT2D eigenvalue weighted by atomic mass is 9.92. The first-order chi connectivity index (χ1) is 20.0. The van der Waals surface area contributed by atoms with Crippen molar-refractivity contribution in [2.24, 2.45) is 0 Å². The summed E-state index contributed by atoms with van der Waals surface area (Å²) >= 11 is 0. The number of carboxylic acid groups (broad SMARTS) is 1. The molecule has 2 aromatic heterocycles. The number of aliphatic carboxylic acids is 1. The van der Waals surface area contributed by atoms with Gasteiger partial charge in [-0.2, -0.15) is 0 Å². The zero-order valence-electron chi connectivity index (χ0n) is 23.3. The minimum Gasteiger partial charge on any atom is -0.480 e. The Morgan fingerprint density at radius 2 is 1.95 bits per heavy atom.